The van der Waals surface area contributed by atoms with Crippen LogP contribution in [0.3, 0.4) is 0 Å². The van der Waals surface area contributed by atoms with Gasteiger partial charge in [0.2, 0.25) is 0 Å². The van der Waals surface area contributed by atoms with Gasteiger partial charge in [-0.25, -0.2) is 12.8 Å². The van der Waals surface area contributed by atoms with E-state index in [4.69, 9.17) is 0 Å². The number of nitrogens with zero attached hydrogens (tertiary/aromatic N) is 3. The lowest BCUT2D eigenvalue weighted by Gasteiger charge is -2.08. The minimum absolute atomic E-state index is 0.00557. The highest BCUT2D eigenvalue weighted by atomic mass is 32.2. The molecule has 1 heterocycles. The molecular formula is C13H15FN4O4S. The van der Waals surface area contributed by atoms with Crippen LogP contribution < -0.4 is 4.72 Å². The zero-order valence-corrected chi connectivity index (χ0v) is 13.5. The molecule has 0 saturated carbocycles. The smallest absolute Gasteiger partial charge is 0.268 e. The Kier molecular flexibility index (Phi) is 4.37. The molecule has 0 saturated heterocycles. The number of sulfonamides is 1. The molecule has 1 aromatic carbocycles. The van der Waals surface area contributed by atoms with Crippen molar-refractivity contribution in [2.24, 2.45) is 0 Å². The minimum atomic E-state index is -4.35. The maximum Gasteiger partial charge on any atom is 0.290 e. The third kappa shape index (κ3) is 3.47. The number of aromatic nitrogens is 2. The van der Waals surface area contributed by atoms with Crippen molar-refractivity contribution in [1.29, 1.82) is 0 Å². The second-order valence-corrected chi connectivity index (χ2v) is 6.86. The molecule has 0 bridgehead atoms. The first-order valence-electron chi connectivity index (χ1n) is 6.64. The van der Waals surface area contributed by atoms with Gasteiger partial charge in [-0.3, -0.25) is 19.5 Å². The molecule has 0 amide bonds. The van der Waals surface area contributed by atoms with Crippen molar-refractivity contribution in [3.63, 3.8) is 0 Å². The topological polar surface area (TPSA) is 107 Å². The van der Waals surface area contributed by atoms with Crippen LogP contribution in [0.1, 0.15) is 25.5 Å². The van der Waals surface area contributed by atoms with Gasteiger partial charge in [0.05, 0.1) is 4.92 Å². The average Bonchev–Trinajstić information content (AvgIpc) is 2.89. The first-order chi connectivity index (χ1) is 10.6. The number of rotatable bonds is 5. The van der Waals surface area contributed by atoms with E-state index < -0.39 is 31.3 Å². The standard InChI is InChI=1S/C13H15FN4O4S/c1-8(2)17-5-4-13(15-17)16-23(21,22)12-7-10(14)9(3)6-11(12)18(19)20/h4-8H,1-3H3,(H,15,16). The Balaban J connectivity index is 2.46. The first kappa shape index (κ1) is 16.9. The summed E-state index contributed by atoms with van der Waals surface area (Å²) in [6.45, 7) is 5.02. The number of nitrogens with one attached hydrogen (secondary N) is 1. The summed E-state index contributed by atoms with van der Waals surface area (Å²) in [7, 11) is -4.35. The Morgan fingerprint density at radius 2 is 2.04 bits per heavy atom. The van der Waals surface area contributed by atoms with E-state index in [2.05, 4.69) is 9.82 Å². The molecule has 0 aliphatic carbocycles. The second kappa shape index (κ2) is 5.95. The van der Waals surface area contributed by atoms with Gasteiger partial charge in [0.1, 0.15) is 5.82 Å². The fourth-order valence-corrected chi connectivity index (χ4v) is 3.04. The van der Waals surface area contributed by atoms with E-state index in [1.54, 1.807) is 6.20 Å². The summed E-state index contributed by atoms with van der Waals surface area (Å²) in [6, 6.07) is 2.94. The normalized spacial score (nSPS) is 11.7. The molecular weight excluding hydrogens is 327 g/mol. The van der Waals surface area contributed by atoms with Crippen molar-refractivity contribution in [2.75, 3.05) is 4.72 Å². The molecule has 0 radical (unpaired) electrons. The minimum Gasteiger partial charge on any atom is -0.268 e. The predicted molar refractivity (Wildman–Crippen MR) is 81.2 cm³/mol. The Morgan fingerprint density at radius 1 is 1.39 bits per heavy atom. The number of hydrogen-bond donors (Lipinski definition) is 1. The van der Waals surface area contributed by atoms with Gasteiger partial charge in [0, 0.05) is 30.4 Å². The number of hydrogen-bond acceptors (Lipinski definition) is 5. The van der Waals surface area contributed by atoms with Gasteiger partial charge in [0.25, 0.3) is 15.7 Å². The molecule has 0 aliphatic rings. The average molecular weight is 342 g/mol. The Hall–Kier alpha value is -2.49. The van der Waals surface area contributed by atoms with Gasteiger partial charge in [-0.05, 0) is 26.3 Å². The highest BCUT2D eigenvalue weighted by Gasteiger charge is 2.28. The molecule has 23 heavy (non-hydrogen) atoms. The molecule has 0 atom stereocenters. The van der Waals surface area contributed by atoms with Crippen LogP contribution in [0.4, 0.5) is 15.9 Å². The SMILES string of the molecule is Cc1cc([N+](=O)[O-])c(S(=O)(=O)Nc2ccn(C(C)C)n2)cc1F. The highest BCUT2D eigenvalue weighted by molar-refractivity contribution is 7.92. The maximum atomic E-state index is 13.7. The molecule has 1 N–H and O–H groups in total. The van der Waals surface area contributed by atoms with Crippen LogP contribution in [-0.2, 0) is 10.0 Å². The lowest BCUT2D eigenvalue weighted by Crippen LogP contribution is -2.16. The van der Waals surface area contributed by atoms with Gasteiger partial charge < -0.3 is 0 Å². The van der Waals surface area contributed by atoms with Gasteiger partial charge in [-0.15, -0.1) is 0 Å². The number of nitro benzene ring substituents is 1. The number of nitro groups is 1. The Labute approximate surface area is 132 Å². The molecule has 0 unspecified atom stereocenters. The monoisotopic (exact) mass is 342 g/mol. The van der Waals surface area contributed by atoms with E-state index in [-0.39, 0.29) is 17.4 Å². The summed E-state index contributed by atoms with van der Waals surface area (Å²) < 4.78 is 42.0. The van der Waals surface area contributed by atoms with E-state index in [1.807, 2.05) is 13.8 Å². The van der Waals surface area contributed by atoms with Crippen molar-refractivity contribution >= 4 is 21.5 Å². The molecule has 8 nitrogen and oxygen atoms in total. The van der Waals surface area contributed by atoms with Crippen LogP contribution in [0.15, 0.2) is 29.3 Å². The van der Waals surface area contributed by atoms with Crippen LogP contribution >= 0.6 is 0 Å². The van der Waals surface area contributed by atoms with Crippen molar-refractivity contribution in [3.05, 3.63) is 45.9 Å². The summed E-state index contributed by atoms with van der Waals surface area (Å²) in [4.78, 5) is 9.44. The summed E-state index contributed by atoms with van der Waals surface area (Å²) in [5, 5.41) is 15.0. The zero-order valence-electron chi connectivity index (χ0n) is 12.6. The highest BCUT2D eigenvalue weighted by Crippen LogP contribution is 2.28. The fourth-order valence-electron chi connectivity index (χ4n) is 1.88. The van der Waals surface area contributed by atoms with Crippen molar-refractivity contribution in [2.45, 2.75) is 31.7 Å². The van der Waals surface area contributed by atoms with Gasteiger partial charge in [0.15, 0.2) is 10.7 Å². The number of halogens is 1. The van der Waals surface area contributed by atoms with Crippen LogP contribution in [-0.4, -0.2) is 23.1 Å². The van der Waals surface area contributed by atoms with Crippen molar-refractivity contribution < 1.29 is 17.7 Å². The van der Waals surface area contributed by atoms with Crippen LogP contribution in [0.25, 0.3) is 0 Å². The third-order valence-corrected chi connectivity index (χ3v) is 4.49. The molecule has 124 valence electrons. The fraction of sp³-hybridized carbons (Fsp3) is 0.308. The van der Waals surface area contributed by atoms with Gasteiger partial charge in [-0.2, -0.15) is 5.10 Å². The molecule has 0 spiro atoms. The summed E-state index contributed by atoms with van der Waals surface area (Å²) in [5.74, 6) is -0.849. The van der Waals surface area contributed by atoms with Crippen molar-refractivity contribution in [1.82, 2.24) is 9.78 Å². The van der Waals surface area contributed by atoms with E-state index in [0.717, 1.165) is 6.07 Å². The number of aryl methyl sites for hydroxylation is 1. The largest absolute Gasteiger partial charge is 0.290 e. The van der Waals surface area contributed by atoms with E-state index in [1.165, 1.54) is 17.7 Å². The van der Waals surface area contributed by atoms with Gasteiger partial charge >= 0.3 is 0 Å². The first-order valence-corrected chi connectivity index (χ1v) is 8.12. The van der Waals surface area contributed by atoms with Crippen molar-refractivity contribution in [3.8, 4) is 0 Å². The van der Waals surface area contributed by atoms with E-state index in [0.29, 0.717) is 6.07 Å². The molecule has 2 rings (SSSR count). The quantitative estimate of drug-likeness (QED) is 0.664. The van der Waals surface area contributed by atoms with Crippen LogP contribution in [0, 0.1) is 22.9 Å². The summed E-state index contributed by atoms with van der Waals surface area (Å²) in [5.41, 5.74) is -0.709. The third-order valence-electron chi connectivity index (χ3n) is 3.10. The van der Waals surface area contributed by atoms with E-state index >= 15 is 0 Å². The molecule has 1 aromatic heterocycles. The lowest BCUT2D eigenvalue weighted by molar-refractivity contribution is -0.387. The molecule has 0 fully saturated rings. The molecule has 10 heteroatoms. The Morgan fingerprint density at radius 3 is 2.57 bits per heavy atom. The zero-order chi connectivity index (χ0) is 17.4. The number of benzene rings is 1. The number of anilines is 1. The lowest BCUT2D eigenvalue weighted by atomic mass is 10.2. The molecule has 0 aliphatic heterocycles. The van der Waals surface area contributed by atoms with Crippen LogP contribution in [0.2, 0.25) is 0 Å². The predicted octanol–water partition coefficient (Wildman–Crippen LogP) is 2.62. The second-order valence-electron chi connectivity index (χ2n) is 5.21. The molecule has 2 aromatic rings. The Bertz CT molecular complexity index is 861. The summed E-state index contributed by atoms with van der Waals surface area (Å²) >= 11 is 0. The van der Waals surface area contributed by atoms with Crippen LogP contribution in [0.5, 0.6) is 0 Å². The van der Waals surface area contributed by atoms with Gasteiger partial charge in [-0.1, -0.05) is 0 Å². The maximum absolute atomic E-state index is 13.7. The summed E-state index contributed by atoms with van der Waals surface area (Å²) in [6.07, 6.45) is 1.56. The van der Waals surface area contributed by atoms with E-state index in [9.17, 15) is 22.9 Å².